The minimum Gasteiger partial charge on any atom is -0.282 e. The third kappa shape index (κ3) is 64.4. The molecule has 0 atom stereocenters. The molecule has 0 aromatic heterocycles. The fourth-order valence-corrected chi connectivity index (χ4v) is 0.500. The fraction of sp³-hybridized carbons (Fsp3) is 0.833. The van der Waals surface area contributed by atoms with Gasteiger partial charge in [0.15, 0.2) is 0 Å². The maximum atomic E-state index is 5.06. The van der Waals surface area contributed by atoms with Gasteiger partial charge in [-0.1, -0.05) is 21.3 Å². The number of hydrogen-bond acceptors (Lipinski definition) is 2. The van der Waals surface area contributed by atoms with E-state index in [1.165, 1.54) is 11.8 Å². The number of thiol groups is 1. The summed E-state index contributed by atoms with van der Waals surface area (Å²) in [4.78, 5) is 0. The van der Waals surface area contributed by atoms with Gasteiger partial charge in [0.05, 0.1) is 0 Å². The zero-order valence-electron chi connectivity index (χ0n) is 7.08. The summed E-state index contributed by atoms with van der Waals surface area (Å²) in [6.45, 7) is 3.99. The molecule has 0 rings (SSSR count). The SMILES string of the molecule is C.CCS.CCSC(N)=[NH2+].[B].[Y]. The van der Waals surface area contributed by atoms with Crippen LogP contribution in [0.1, 0.15) is 21.3 Å². The fourth-order valence-electron chi connectivity index (χ4n) is 0.167. The van der Waals surface area contributed by atoms with Crippen molar-refractivity contribution >= 4 is 38.0 Å². The summed E-state index contributed by atoms with van der Waals surface area (Å²) in [5.74, 6) is 1.91. The molecule has 6 heteroatoms. The van der Waals surface area contributed by atoms with Gasteiger partial charge >= 0.3 is 0 Å². The van der Waals surface area contributed by atoms with Crippen molar-refractivity contribution in [2.24, 2.45) is 5.73 Å². The average molecular weight is 283 g/mol. The molecule has 70 valence electrons. The van der Waals surface area contributed by atoms with Crippen LogP contribution in [0.15, 0.2) is 0 Å². The molecule has 4 radical (unpaired) electrons. The number of rotatable bonds is 1. The van der Waals surface area contributed by atoms with Crippen LogP contribution in [-0.2, 0) is 32.7 Å². The molecule has 0 unspecified atom stereocenters. The van der Waals surface area contributed by atoms with E-state index in [2.05, 4.69) is 12.6 Å². The van der Waals surface area contributed by atoms with Crippen molar-refractivity contribution in [2.45, 2.75) is 21.3 Å². The van der Waals surface area contributed by atoms with Gasteiger partial charge in [0.2, 0.25) is 0 Å². The molecule has 0 aliphatic rings. The van der Waals surface area contributed by atoms with Gasteiger partial charge in [0.25, 0.3) is 5.17 Å². The van der Waals surface area contributed by atoms with Crippen LogP contribution < -0.4 is 11.1 Å². The van der Waals surface area contributed by atoms with Crippen LogP contribution >= 0.6 is 24.4 Å². The maximum Gasteiger partial charge on any atom is 0.299 e. The first kappa shape index (κ1) is 29.2. The van der Waals surface area contributed by atoms with Gasteiger partial charge in [-0.2, -0.15) is 12.6 Å². The Morgan fingerprint density at radius 3 is 1.75 bits per heavy atom. The molecule has 0 aliphatic carbocycles. The standard InChI is InChI=1S/C3H8N2S.C2H6S.CH4.B.Y/c1-2-6-3(4)5;1-2-3;;;/h2H2,1H3,(H3,4,5);3H,2H2,1H3;1H4;;/p+1. The Labute approximate surface area is 114 Å². The summed E-state index contributed by atoms with van der Waals surface area (Å²) >= 11 is 5.25. The van der Waals surface area contributed by atoms with Crippen LogP contribution in [-0.4, -0.2) is 25.1 Å². The third-order valence-corrected chi connectivity index (χ3v) is 0.933. The third-order valence-electron chi connectivity index (χ3n) is 0.311. The zero-order valence-corrected chi connectivity index (χ0v) is 11.6. The molecule has 0 heterocycles. The van der Waals surface area contributed by atoms with E-state index in [4.69, 9.17) is 11.1 Å². The Balaban J connectivity index is -0.0000000246. The molecule has 12 heavy (non-hydrogen) atoms. The van der Waals surface area contributed by atoms with Crippen molar-refractivity contribution in [3.8, 4) is 0 Å². The summed E-state index contributed by atoms with van der Waals surface area (Å²) in [6.07, 6.45) is 0. The van der Waals surface area contributed by atoms with E-state index >= 15 is 0 Å². The van der Waals surface area contributed by atoms with Gasteiger partial charge < -0.3 is 0 Å². The van der Waals surface area contributed by atoms with Crippen molar-refractivity contribution in [1.82, 2.24) is 0 Å². The molecule has 0 aliphatic heterocycles. The van der Waals surface area contributed by atoms with Crippen LogP contribution in [0.25, 0.3) is 0 Å². The normalized spacial score (nSPS) is 5.58. The van der Waals surface area contributed by atoms with E-state index in [9.17, 15) is 0 Å². The predicted octanol–water partition coefficient (Wildman–Crippen LogP) is 0.00220. The van der Waals surface area contributed by atoms with E-state index < -0.39 is 0 Å². The predicted molar refractivity (Wildman–Crippen MR) is 61.3 cm³/mol. The largest absolute Gasteiger partial charge is 0.299 e. The quantitative estimate of drug-likeness (QED) is 0.275. The number of amidine groups is 1. The van der Waals surface area contributed by atoms with Gasteiger partial charge in [-0.25, -0.2) is 0 Å². The summed E-state index contributed by atoms with van der Waals surface area (Å²) < 4.78 is 0. The van der Waals surface area contributed by atoms with E-state index in [0.717, 1.165) is 11.5 Å². The minimum atomic E-state index is 0. The first-order valence-corrected chi connectivity index (χ1v) is 4.42. The van der Waals surface area contributed by atoms with Crippen molar-refractivity contribution in [3.63, 3.8) is 0 Å². The van der Waals surface area contributed by atoms with Crippen molar-refractivity contribution in [2.75, 3.05) is 11.5 Å². The van der Waals surface area contributed by atoms with Gasteiger partial charge in [0, 0.05) is 46.9 Å². The smallest absolute Gasteiger partial charge is 0.282 e. The molecule has 0 spiro atoms. The van der Waals surface area contributed by atoms with E-state index in [-0.39, 0.29) is 48.5 Å². The Hall–Kier alpha value is 1.34. The topological polar surface area (TPSA) is 51.6 Å². The Morgan fingerprint density at radius 1 is 1.50 bits per heavy atom. The van der Waals surface area contributed by atoms with Crippen LogP contribution in [0.4, 0.5) is 0 Å². The van der Waals surface area contributed by atoms with Crippen LogP contribution in [0, 0.1) is 0 Å². The number of thioether (sulfide) groups is 1. The molecular formula is C6H19BN2S2Y+. The second-order valence-electron chi connectivity index (χ2n) is 1.15. The first-order chi connectivity index (χ1) is 4.18. The van der Waals surface area contributed by atoms with Gasteiger partial charge in [0.1, 0.15) is 0 Å². The monoisotopic (exact) mass is 283 g/mol. The second kappa shape index (κ2) is 29.5. The molecule has 0 aromatic rings. The van der Waals surface area contributed by atoms with Crippen molar-refractivity contribution in [3.05, 3.63) is 0 Å². The van der Waals surface area contributed by atoms with Gasteiger partial charge in [-0.3, -0.25) is 11.1 Å². The maximum absolute atomic E-state index is 5.06. The Bertz CT molecular complexity index is 76.6. The van der Waals surface area contributed by atoms with E-state index in [0.29, 0.717) is 5.17 Å². The molecule has 0 fully saturated rings. The summed E-state index contributed by atoms with van der Waals surface area (Å²) in [5.41, 5.74) is 5.06. The molecule has 4 N–H and O–H groups in total. The molecule has 0 amide bonds. The van der Waals surface area contributed by atoms with Gasteiger partial charge in [-0.15, -0.1) is 0 Å². The van der Waals surface area contributed by atoms with E-state index in [1.807, 2.05) is 13.8 Å². The van der Waals surface area contributed by atoms with Crippen LogP contribution in [0.5, 0.6) is 0 Å². The number of nitrogens with two attached hydrogens (primary N) is 2. The first-order valence-electron chi connectivity index (χ1n) is 2.80. The molecule has 0 aromatic carbocycles. The summed E-state index contributed by atoms with van der Waals surface area (Å²) in [5, 5.41) is 5.52. The zero-order chi connectivity index (χ0) is 7.70. The van der Waals surface area contributed by atoms with Crippen molar-refractivity contribution < 1.29 is 38.1 Å². The molecule has 2 nitrogen and oxygen atoms in total. The Kier molecular flexibility index (Phi) is 71.7. The molecule has 0 saturated carbocycles. The summed E-state index contributed by atoms with van der Waals surface area (Å²) in [6, 6.07) is 0. The summed E-state index contributed by atoms with van der Waals surface area (Å²) in [7, 11) is 0. The van der Waals surface area contributed by atoms with Crippen LogP contribution in [0.2, 0.25) is 0 Å². The van der Waals surface area contributed by atoms with E-state index in [1.54, 1.807) is 0 Å². The molecular weight excluding hydrogens is 264 g/mol. The Morgan fingerprint density at radius 2 is 1.75 bits per heavy atom. The van der Waals surface area contributed by atoms with Crippen molar-refractivity contribution in [1.29, 1.82) is 0 Å². The second-order valence-corrected chi connectivity index (χ2v) is 3.12. The van der Waals surface area contributed by atoms with Crippen LogP contribution in [0.3, 0.4) is 0 Å². The molecule has 0 saturated heterocycles. The average Bonchev–Trinajstić information content (AvgIpc) is 1.67. The molecule has 0 bridgehead atoms. The minimum absolute atomic E-state index is 0. The van der Waals surface area contributed by atoms with Gasteiger partial charge in [-0.05, 0) is 17.5 Å². The number of hydrogen-bond donors (Lipinski definition) is 3.